The second-order valence-electron chi connectivity index (χ2n) is 6.42. The van der Waals surface area contributed by atoms with Gasteiger partial charge in [0.15, 0.2) is 0 Å². The van der Waals surface area contributed by atoms with Crippen molar-refractivity contribution in [2.45, 2.75) is 44.7 Å². The molecule has 0 unspecified atom stereocenters. The topological polar surface area (TPSA) is 46.9 Å². The fourth-order valence-corrected chi connectivity index (χ4v) is 3.29. The predicted octanol–water partition coefficient (Wildman–Crippen LogP) is 4.80. The second kappa shape index (κ2) is 7.29. The van der Waals surface area contributed by atoms with Gasteiger partial charge in [0.25, 0.3) is 0 Å². The van der Waals surface area contributed by atoms with E-state index in [1.165, 1.54) is 35.9 Å². The number of halogens is 3. The first-order valence-electron chi connectivity index (χ1n) is 8.44. The lowest BCUT2D eigenvalue weighted by molar-refractivity contribution is -0.137. The van der Waals surface area contributed by atoms with Gasteiger partial charge in [-0.3, -0.25) is 4.79 Å². The fourth-order valence-electron chi connectivity index (χ4n) is 3.29. The van der Waals surface area contributed by atoms with Crippen molar-refractivity contribution in [3.8, 4) is 5.69 Å². The van der Waals surface area contributed by atoms with Crippen LogP contribution in [0.2, 0.25) is 0 Å². The van der Waals surface area contributed by atoms with Gasteiger partial charge in [-0.1, -0.05) is 25.7 Å². The molecule has 0 radical (unpaired) electrons. The van der Waals surface area contributed by atoms with Crippen LogP contribution in [0.3, 0.4) is 0 Å². The molecule has 0 aliphatic heterocycles. The number of hydrogen-bond acceptors (Lipinski definition) is 2. The molecule has 0 atom stereocenters. The Morgan fingerprint density at radius 3 is 2.68 bits per heavy atom. The van der Waals surface area contributed by atoms with E-state index in [9.17, 15) is 18.0 Å². The summed E-state index contributed by atoms with van der Waals surface area (Å²) in [5, 5.41) is 6.36. The number of rotatable bonds is 5. The summed E-state index contributed by atoms with van der Waals surface area (Å²) in [7, 11) is 0. The molecule has 1 aliphatic rings. The third-order valence-corrected chi connectivity index (χ3v) is 4.61. The van der Waals surface area contributed by atoms with E-state index in [0.717, 1.165) is 25.3 Å². The maximum absolute atomic E-state index is 13.4. The van der Waals surface area contributed by atoms with Crippen LogP contribution in [0.25, 0.3) is 5.69 Å². The number of alkyl halides is 3. The molecule has 3 rings (SSSR count). The summed E-state index contributed by atoms with van der Waals surface area (Å²) in [4.78, 5) is 12.1. The Morgan fingerprint density at radius 2 is 2.04 bits per heavy atom. The Kier molecular flexibility index (Phi) is 5.11. The van der Waals surface area contributed by atoms with E-state index in [1.54, 1.807) is 12.3 Å². The SMILES string of the molecule is O=C(CCC1CCCC1)Nc1ccc(-n2cccn2)cc1C(F)(F)F. The Morgan fingerprint density at radius 1 is 1.28 bits per heavy atom. The van der Waals surface area contributed by atoms with E-state index in [1.807, 2.05) is 0 Å². The molecule has 1 amide bonds. The van der Waals surface area contributed by atoms with Gasteiger partial charge < -0.3 is 5.32 Å². The molecule has 1 saturated carbocycles. The van der Waals surface area contributed by atoms with Crippen LogP contribution in [0.15, 0.2) is 36.7 Å². The number of benzene rings is 1. The van der Waals surface area contributed by atoms with Gasteiger partial charge in [-0.15, -0.1) is 0 Å². The molecule has 1 aromatic heterocycles. The van der Waals surface area contributed by atoms with Gasteiger partial charge in [-0.05, 0) is 36.6 Å². The summed E-state index contributed by atoms with van der Waals surface area (Å²) >= 11 is 0. The van der Waals surface area contributed by atoms with Gasteiger partial charge in [-0.2, -0.15) is 18.3 Å². The van der Waals surface area contributed by atoms with Crippen LogP contribution in [0.5, 0.6) is 0 Å². The lowest BCUT2D eigenvalue weighted by Gasteiger charge is -2.16. The molecule has 0 bridgehead atoms. The number of carbonyl (C=O) groups is 1. The smallest absolute Gasteiger partial charge is 0.326 e. The first-order chi connectivity index (χ1) is 11.9. The average Bonchev–Trinajstić information content (AvgIpc) is 3.26. The van der Waals surface area contributed by atoms with E-state index in [4.69, 9.17) is 0 Å². The van der Waals surface area contributed by atoms with Crippen molar-refractivity contribution >= 4 is 11.6 Å². The van der Waals surface area contributed by atoms with Crippen molar-refractivity contribution < 1.29 is 18.0 Å². The summed E-state index contributed by atoms with van der Waals surface area (Å²) in [5.74, 6) is 0.152. The molecule has 2 aromatic rings. The van der Waals surface area contributed by atoms with Gasteiger partial charge >= 0.3 is 6.18 Å². The van der Waals surface area contributed by atoms with Crippen LogP contribution in [0.4, 0.5) is 18.9 Å². The number of nitrogens with one attached hydrogen (secondary N) is 1. The van der Waals surface area contributed by atoms with Crippen LogP contribution >= 0.6 is 0 Å². The molecule has 134 valence electrons. The summed E-state index contributed by atoms with van der Waals surface area (Å²) < 4.78 is 41.5. The minimum absolute atomic E-state index is 0.208. The molecular formula is C18H20F3N3O. The molecule has 1 fully saturated rings. The number of hydrogen-bond donors (Lipinski definition) is 1. The maximum atomic E-state index is 13.4. The lowest BCUT2D eigenvalue weighted by atomic mass is 10.0. The van der Waals surface area contributed by atoms with E-state index in [0.29, 0.717) is 11.6 Å². The molecule has 1 aliphatic carbocycles. The highest BCUT2D eigenvalue weighted by atomic mass is 19.4. The lowest BCUT2D eigenvalue weighted by Crippen LogP contribution is -2.17. The summed E-state index contributed by atoms with van der Waals surface area (Å²) in [6, 6.07) is 5.42. The third-order valence-electron chi connectivity index (χ3n) is 4.61. The van der Waals surface area contributed by atoms with Crippen molar-refractivity contribution in [2.75, 3.05) is 5.32 Å². The van der Waals surface area contributed by atoms with Crippen LogP contribution < -0.4 is 5.32 Å². The Bertz CT molecular complexity index is 720. The molecule has 7 heteroatoms. The predicted molar refractivity (Wildman–Crippen MR) is 88.4 cm³/mol. The number of anilines is 1. The quantitative estimate of drug-likeness (QED) is 0.841. The van der Waals surface area contributed by atoms with Crippen LogP contribution in [-0.4, -0.2) is 15.7 Å². The monoisotopic (exact) mass is 351 g/mol. The molecule has 1 aromatic carbocycles. The number of carbonyl (C=O) groups excluding carboxylic acids is 1. The molecule has 1 N–H and O–H groups in total. The largest absolute Gasteiger partial charge is 0.418 e. The second-order valence-corrected chi connectivity index (χ2v) is 6.42. The first kappa shape index (κ1) is 17.5. The standard InChI is InChI=1S/C18H20F3N3O/c19-18(20,21)15-12-14(24-11-3-10-22-24)7-8-16(15)23-17(25)9-6-13-4-1-2-5-13/h3,7-8,10-13H,1-2,4-6,9H2,(H,23,25). The van der Waals surface area contributed by atoms with Crippen LogP contribution in [0, 0.1) is 5.92 Å². The molecule has 0 saturated heterocycles. The van der Waals surface area contributed by atoms with E-state index < -0.39 is 11.7 Å². The summed E-state index contributed by atoms with van der Waals surface area (Å²) in [6.45, 7) is 0. The highest BCUT2D eigenvalue weighted by Gasteiger charge is 2.34. The molecular weight excluding hydrogens is 331 g/mol. The van der Waals surface area contributed by atoms with Crippen LogP contribution in [-0.2, 0) is 11.0 Å². The first-order valence-corrected chi connectivity index (χ1v) is 8.44. The maximum Gasteiger partial charge on any atom is 0.418 e. The minimum Gasteiger partial charge on any atom is -0.326 e. The highest BCUT2D eigenvalue weighted by Crippen LogP contribution is 2.36. The Labute approximate surface area is 144 Å². The summed E-state index contributed by atoms with van der Waals surface area (Å²) in [5.41, 5.74) is -0.782. The van der Waals surface area contributed by atoms with Crippen molar-refractivity contribution in [3.63, 3.8) is 0 Å². The molecule has 0 spiro atoms. The van der Waals surface area contributed by atoms with Crippen molar-refractivity contribution in [3.05, 3.63) is 42.2 Å². The molecule has 4 nitrogen and oxygen atoms in total. The van der Waals surface area contributed by atoms with E-state index >= 15 is 0 Å². The van der Waals surface area contributed by atoms with Gasteiger partial charge in [0.05, 0.1) is 16.9 Å². The minimum atomic E-state index is -4.56. The fraction of sp³-hybridized carbons (Fsp3) is 0.444. The van der Waals surface area contributed by atoms with Crippen LogP contribution in [0.1, 0.15) is 44.1 Å². The molecule has 1 heterocycles. The molecule has 25 heavy (non-hydrogen) atoms. The van der Waals surface area contributed by atoms with Crippen molar-refractivity contribution in [1.82, 2.24) is 9.78 Å². The number of amides is 1. The third kappa shape index (κ3) is 4.41. The van der Waals surface area contributed by atoms with Gasteiger partial charge in [-0.25, -0.2) is 4.68 Å². The zero-order valence-corrected chi connectivity index (χ0v) is 13.7. The van der Waals surface area contributed by atoms with Crippen molar-refractivity contribution in [2.24, 2.45) is 5.92 Å². The Balaban J connectivity index is 1.74. The normalized spacial score (nSPS) is 15.5. The number of aromatic nitrogens is 2. The van der Waals surface area contributed by atoms with E-state index in [2.05, 4.69) is 10.4 Å². The zero-order chi connectivity index (χ0) is 17.9. The van der Waals surface area contributed by atoms with Gasteiger partial charge in [0, 0.05) is 18.8 Å². The number of nitrogens with zero attached hydrogens (tertiary/aromatic N) is 2. The Hall–Kier alpha value is -2.31. The highest BCUT2D eigenvalue weighted by molar-refractivity contribution is 5.91. The zero-order valence-electron chi connectivity index (χ0n) is 13.7. The van der Waals surface area contributed by atoms with Gasteiger partial charge in [0.2, 0.25) is 5.91 Å². The van der Waals surface area contributed by atoms with Crippen molar-refractivity contribution in [1.29, 1.82) is 0 Å². The summed E-state index contributed by atoms with van der Waals surface area (Å²) in [6.07, 6.45) is 4.07. The average molecular weight is 351 g/mol. The van der Waals surface area contributed by atoms with E-state index in [-0.39, 0.29) is 18.0 Å². The van der Waals surface area contributed by atoms with Gasteiger partial charge in [0.1, 0.15) is 0 Å².